The van der Waals surface area contributed by atoms with Crippen LogP contribution in [-0.4, -0.2) is 25.8 Å². The SMILES string of the molecule is CCCc1nc(Cn2nccc2C(=O)O)cs1. The third kappa shape index (κ3) is 2.71. The van der Waals surface area contributed by atoms with Crippen LogP contribution in [0.2, 0.25) is 0 Å². The topological polar surface area (TPSA) is 68.0 Å². The average molecular weight is 251 g/mol. The standard InChI is InChI=1S/C11H13N3O2S/c1-2-3-10-13-8(7-17-10)6-14-9(11(15)16)4-5-12-14/h4-5,7H,2-3,6H2,1H3,(H,15,16). The number of carboxylic acids is 1. The summed E-state index contributed by atoms with van der Waals surface area (Å²) < 4.78 is 1.45. The normalized spacial score (nSPS) is 10.6. The maximum absolute atomic E-state index is 10.9. The molecule has 90 valence electrons. The molecule has 0 fully saturated rings. The number of nitrogens with zero attached hydrogens (tertiary/aromatic N) is 3. The van der Waals surface area contributed by atoms with Crippen LogP contribution in [0.4, 0.5) is 0 Å². The molecule has 2 aromatic heterocycles. The lowest BCUT2D eigenvalue weighted by molar-refractivity contribution is 0.0684. The second-order valence-electron chi connectivity index (χ2n) is 3.66. The molecular formula is C11H13N3O2S. The van der Waals surface area contributed by atoms with E-state index in [9.17, 15) is 4.79 Å². The number of hydrogen-bond acceptors (Lipinski definition) is 4. The van der Waals surface area contributed by atoms with E-state index in [2.05, 4.69) is 17.0 Å². The maximum atomic E-state index is 10.9. The lowest BCUT2D eigenvalue weighted by Crippen LogP contribution is -2.11. The summed E-state index contributed by atoms with van der Waals surface area (Å²) in [5.74, 6) is -0.966. The molecule has 17 heavy (non-hydrogen) atoms. The molecule has 0 unspecified atom stereocenters. The molecule has 2 aromatic rings. The van der Waals surface area contributed by atoms with Crippen molar-refractivity contribution in [3.8, 4) is 0 Å². The van der Waals surface area contributed by atoms with Gasteiger partial charge in [0.1, 0.15) is 5.69 Å². The molecule has 0 saturated carbocycles. The predicted molar refractivity (Wildman–Crippen MR) is 64.4 cm³/mol. The van der Waals surface area contributed by atoms with Crippen molar-refractivity contribution in [2.75, 3.05) is 0 Å². The van der Waals surface area contributed by atoms with Crippen molar-refractivity contribution in [3.05, 3.63) is 34.0 Å². The molecule has 0 atom stereocenters. The van der Waals surface area contributed by atoms with Crippen LogP contribution in [0.5, 0.6) is 0 Å². The molecule has 0 aliphatic heterocycles. The van der Waals surface area contributed by atoms with Crippen LogP contribution >= 0.6 is 11.3 Å². The highest BCUT2D eigenvalue weighted by molar-refractivity contribution is 7.09. The van der Waals surface area contributed by atoms with Crippen LogP contribution in [0.1, 0.15) is 34.5 Å². The van der Waals surface area contributed by atoms with E-state index in [0.717, 1.165) is 23.5 Å². The zero-order valence-corrected chi connectivity index (χ0v) is 10.3. The van der Waals surface area contributed by atoms with E-state index >= 15 is 0 Å². The first-order valence-electron chi connectivity index (χ1n) is 5.39. The molecular weight excluding hydrogens is 238 g/mol. The highest BCUT2D eigenvalue weighted by atomic mass is 32.1. The smallest absolute Gasteiger partial charge is 0.354 e. The molecule has 0 aromatic carbocycles. The van der Waals surface area contributed by atoms with Crippen LogP contribution in [0.3, 0.4) is 0 Å². The van der Waals surface area contributed by atoms with Crippen molar-refractivity contribution in [2.24, 2.45) is 0 Å². The van der Waals surface area contributed by atoms with E-state index in [1.165, 1.54) is 16.9 Å². The zero-order valence-electron chi connectivity index (χ0n) is 9.46. The van der Waals surface area contributed by atoms with Gasteiger partial charge in [-0.2, -0.15) is 5.10 Å². The Morgan fingerprint density at radius 2 is 2.41 bits per heavy atom. The van der Waals surface area contributed by atoms with E-state index < -0.39 is 5.97 Å². The van der Waals surface area contributed by atoms with E-state index in [-0.39, 0.29) is 5.69 Å². The van der Waals surface area contributed by atoms with Crippen LogP contribution in [-0.2, 0) is 13.0 Å². The van der Waals surface area contributed by atoms with Gasteiger partial charge in [0.15, 0.2) is 0 Å². The number of aromatic nitrogens is 3. The van der Waals surface area contributed by atoms with Crippen molar-refractivity contribution in [1.82, 2.24) is 14.8 Å². The van der Waals surface area contributed by atoms with Gasteiger partial charge < -0.3 is 5.11 Å². The Labute approximate surface area is 103 Å². The van der Waals surface area contributed by atoms with Gasteiger partial charge in [0.25, 0.3) is 0 Å². The lowest BCUT2D eigenvalue weighted by atomic mass is 10.3. The Morgan fingerprint density at radius 3 is 3.12 bits per heavy atom. The Bertz CT molecular complexity index is 518. The van der Waals surface area contributed by atoms with Gasteiger partial charge >= 0.3 is 5.97 Å². The first kappa shape index (κ1) is 11.8. The molecule has 6 heteroatoms. The lowest BCUT2D eigenvalue weighted by Gasteiger charge is -2.01. The van der Waals surface area contributed by atoms with Crippen molar-refractivity contribution in [3.63, 3.8) is 0 Å². The van der Waals surface area contributed by atoms with Gasteiger partial charge in [-0.3, -0.25) is 4.68 Å². The Kier molecular flexibility index (Phi) is 3.53. The van der Waals surface area contributed by atoms with Crippen molar-refractivity contribution in [1.29, 1.82) is 0 Å². The number of aryl methyl sites for hydroxylation is 1. The quantitative estimate of drug-likeness (QED) is 0.883. The van der Waals surface area contributed by atoms with Gasteiger partial charge in [-0.05, 0) is 18.9 Å². The molecule has 0 saturated heterocycles. The van der Waals surface area contributed by atoms with Gasteiger partial charge in [-0.25, -0.2) is 9.78 Å². The number of thiazole rings is 1. The minimum Gasteiger partial charge on any atom is -0.477 e. The monoisotopic (exact) mass is 251 g/mol. The number of rotatable bonds is 5. The summed E-state index contributed by atoms with van der Waals surface area (Å²) in [6.45, 7) is 2.52. The highest BCUT2D eigenvalue weighted by Gasteiger charge is 2.11. The number of carbonyl (C=O) groups is 1. The Balaban J connectivity index is 2.14. The Morgan fingerprint density at radius 1 is 1.59 bits per heavy atom. The molecule has 0 spiro atoms. The molecule has 5 nitrogen and oxygen atoms in total. The van der Waals surface area contributed by atoms with Gasteiger partial charge in [-0.1, -0.05) is 6.92 Å². The number of carboxylic acid groups (broad SMARTS) is 1. The fourth-order valence-electron chi connectivity index (χ4n) is 1.54. The number of hydrogen-bond donors (Lipinski definition) is 1. The van der Waals surface area contributed by atoms with Crippen LogP contribution in [0, 0.1) is 0 Å². The third-order valence-corrected chi connectivity index (χ3v) is 3.27. The minimum atomic E-state index is -0.966. The largest absolute Gasteiger partial charge is 0.477 e. The summed E-state index contributed by atoms with van der Waals surface area (Å²) in [7, 11) is 0. The summed E-state index contributed by atoms with van der Waals surface area (Å²) >= 11 is 1.61. The number of aromatic carboxylic acids is 1. The third-order valence-electron chi connectivity index (χ3n) is 2.31. The second kappa shape index (κ2) is 5.09. The first-order valence-corrected chi connectivity index (χ1v) is 6.27. The average Bonchev–Trinajstić information content (AvgIpc) is 2.89. The fraction of sp³-hybridized carbons (Fsp3) is 0.364. The summed E-state index contributed by atoms with van der Waals surface area (Å²) in [5.41, 5.74) is 1.06. The Hall–Kier alpha value is -1.69. The molecule has 0 radical (unpaired) electrons. The molecule has 0 aliphatic rings. The molecule has 0 aliphatic carbocycles. The predicted octanol–water partition coefficient (Wildman–Crippen LogP) is 2.04. The second-order valence-corrected chi connectivity index (χ2v) is 4.60. The van der Waals surface area contributed by atoms with Crippen molar-refractivity contribution >= 4 is 17.3 Å². The highest BCUT2D eigenvalue weighted by Crippen LogP contribution is 2.13. The first-order chi connectivity index (χ1) is 8.20. The van der Waals surface area contributed by atoms with Crippen molar-refractivity contribution in [2.45, 2.75) is 26.3 Å². The van der Waals surface area contributed by atoms with Gasteiger partial charge in [0.05, 0.1) is 17.2 Å². The van der Waals surface area contributed by atoms with Gasteiger partial charge in [0, 0.05) is 11.6 Å². The van der Waals surface area contributed by atoms with E-state index in [1.54, 1.807) is 11.3 Å². The molecule has 0 bridgehead atoms. The van der Waals surface area contributed by atoms with Crippen LogP contribution in [0.25, 0.3) is 0 Å². The molecule has 2 rings (SSSR count). The minimum absolute atomic E-state index is 0.190. The van der Waals surface area contributed by atoms with Crippen LogP contribution in [0.15, 0.2) is 17.6 Å². The summed E-state index contributed by atoms with van der Waals surface area (Å²) in [4.78, 5) is 15.3. The maximum Gasteiger partial charge on any atom is 0.354 e. The summed E-state index contributed by atoms with van der Waals surface area (Å²) in [6, 6.07) is 1.49. The van der Waals surface area contributed by atoms with Crippen LogP contribution < -0.4 is 0 Å². The van der Waals surface area contributed by atoms with E-state index in [0.29, 0.717) is 6.54 Å². The fourth-order valence-corrected chi connectivity index (χ4v) is 2.44. The summed E-state index contributed by atoms with van der Waals surface area (Å²) in [5, 5.41) is 16.0. The zero-order chi connectivity index (χ0) is 12.3. The molecule has 0 amide bonds. The molecule has 2 heterocycles. The van der Waals surface area contributed by atoms with Crippen molar-refractivity contribution < 1.29 is 9.90 Å². The summed E-state index contributed by atoms with van der Waals surface area (Å²) in [6.07, 6.45) is 3.52. The van der Waals surface area contributed by atoms with Gasteiger partial charge in [0.2, 0.25) is 0 Å². The molecule has 1 N–H and O–H groups in total. The van der Waals surface area contributed by atoms with Gasteiger partial charge in [-0.15, -0.1) is 11.3 Å². The van der Waals surface area contributed by atoms with E-state index in [1.807, 2.05) is 5.38 Å². The van der Waals surface area contributed by atoms with E-state index in [4.69, 9.17) is 5.11 Å².